The van der Waals surface area contributed by atoms with Crippen molar-refractivity contribution in [3.8, 4) is 11.1 Å². The molecule has 17 heavy (non-hydrogen) atoms. The molecule has 0 bridgehead atoms. The molecule has 0 unspecified atom stereocenters. The molecule has 0 N–H and O–H groups in total. The molecule has 6 heteroatoms. The second-order valence-electron chi connectivity index (χ2n) is 3.30. The molecule has 2 rings (SSSR count). The number of halogens is 2. The average Bonchev–Trinajstić information content (AvgIpc) is 2.29. The fraction of sp³-hybridized carbons (Fsp3) is 0. The Bertz CT molecular complexity index is 642. The molecule has 1 aromatic heterocycles. The number of benzene rings is 1. The van der Waals surface area contributed by atoms with Gasteiger partial charge in [0.05, 0.1) is 5.02 Å². The SMILES string of the molecule is O=S(=O)(Cl)c1cncc(-c2ccccc2)c1Cl. The molecule has 0 spiro atoms. The lowest BCUT2D eigenvalue weighted by Gasteiger charge is -2.06. The van der Waals surface area contributed by atoms with Crippen molar-refractivity contribution in [3.05, 3.63) is 47.7 Å². The Hall–Kier alpha value is -1.10. The van der Waals surface area contributed by atoms with E-state index in [1.807, 2.05) is 30.3 Å². The van der Waals surface area contributed by atoms with Gasteiger partial charge in [-0.3, -0.25) is 4.98 Å². The number of hydrogen-bond acceptors (Lipinski definition) is 3. The first-order valence-corrected chi connectivity index (χ1v) is 7.32. The Morgan fingerprint density at radius 2 is 1.71 bits per heavy atom. The molecule has 2 aromatic rings. The largest absolute Gasteiger partial charge is 0.264 e. The van der Waals surface area contributed by atoms with Gasteiger partial charge in [-0.25, -0.2) is 8.42 Å². The van der Waals surface area contributed by atoms with E-state index in [9.17, 15) is 8.42 Å². The van der Waals surface area contributed by atoms with Crippen LogP contribution < -0.4 is 0 Å². The summed E-state index contributed by atoms with van der Waals surface area (Å²) in [5, 5.41) is 0.0844. The summed E-state index contributed by atoms with van der Waals surface area (Å²) in [6.45, 7) is 0. The minimum Gasteiger partial charge on any atom is -0.263 e. The maximum atomic E-state index is 11.3. The van der Waals surface area contributed by atoms with Gasteiger partial charge in [-0.05, 0) is 5.56 Å². The Balaban J connectivity index is 2.67. The van der Waals surface area contributed by atoms with Crippen LogP contribution >= 0.6 is 22.3 Å². The third-order valence-corrected chi connectivity index (χ3v) is 4.05. The first-order chi connectivity index (χ1) is 8.00. The van der Waals surface area contributed by atoms with Gasteiger partial charge in [-0.15, -0.1) is 0 Å². The fourth-order valence-electron chi connectivity index (χ4n) is 1.41. The van der Waals surface area contributed by atoms with Crippen LogP contribution in [0, 0.1) is 0 Å². The molecule has 0 aliphatic carbocycles. The van der Waals surface area contributed by atoms with Crippen LogP contribution in [-0.4, -0.2) is 13.4 Å². The third kappa shape index (κ3) is 2.60. The van der Waals surface area contributed by atoms with Crippen molar-refractivity contribution < 1.29 is 8.42 Å². The van der Waals surface area contributed by atoms with Crippen LogP contribution in [0.1, 0.15) is 0 Å². The van der Waals surface area contributed by atoms with Crippen molar-refractivity contribution in [1.29, 1.82) is 0 Å². The quantitative estimate of drug-likeness (QED) is 0.796. The second-order valence-corrected chi connectivity index (χ2v) is 6.22. The van der Waals surface area contributed by atoms with Crippen LogP contribution in [-0.2, 0) is 9.05 Å². The van der Waals surface area contributed by atoms with E-state index in [4.69, 9.17) is 22.3 Å². The number of aromatic nitrogens is 1. The molecule has 0 radical (unpaired) electrons. The lowest BCUT2D eigenvalue weighted by molar-refractivity contribution is 0.609. The molecule has 0 aliphatic heterocycles. The summed E-state index contributed by atoms with van der Waals surface area (Å²) in [4.78, 5) is 3.66. The van der Waals surface area contributed by atoms with Crippen LogP contribution in [0.4, 0.5) is 0 Å². The van der Waals surface area contributed by atoms with E-state index in [-0.39, 0.29) is 9.92 Å². The zero-order chi connectivity index (χ0) is 12.5. The van der Waals surface area contributed by atoms with Gasteiger partial charge in [0.25, 0.3) is 9.05 Å². The minimum atomic E-state index is -3.89. The Morgan fingerprint density at radius 3 is 2.29 bits per heavy atom. The van der Waals surface area contributed by atoms with Gasteiger partial charge >= 0.3 is 0 Å². The van der Waals surface area contributed by atoms with Gasteiger partial charge in [0.1, 0.15) is 4.90 Å². The van der Waals surface area contributed by atoms with E-state index in [1.54, 1.807) is 0 Å². The van der Waals surface area contributed by atoms with Crippen molar-refractivity contribution in [3.63, 3.8) is 0 Å². The van der Waals surface area contributed by atoms with Crippen molar-refractivity contribution in [2.24, 2.45) is 0 Å². The molecular formula is C11H7Cl2NO2S. The molecule has 88 valence electrons. The summed E-state index contributed by atoms with van der Waals surface area (Å²) in [5.74, 6) is 0. The first-order valence-electron chi connectivity index (χ1n) is 4.64. The third-order valence-electron chi connectivity index (χ3n) is 2.20. The van der Waals surface area contributed by atoms with Crippen LogP contribution in [0.2, 0.25) is 5.02 Å². The van der Waals surface area contributed by atoms with E-state index in [0.717, 1.165) is 11.8 Å². The Labute approximate surface area is 108 Å². The van der Waals surface area contributed by atoms with E-state index in [0.29, 0.717) is 5.56 Å². The summed E-state index contributed by atoms with van der Waals surface area (Å²) >= 11 is 6.02. The minimum absolute atomic E-state index is 0.0844. The van der Waals surface area contributed by atoms with Crippen molar-refractivity contribution in [2.45, 2.75) is 4.90 Å². The van der Waals surface area contributed by atoms with Crippen LogP contribution in [0.3, 0.4) is 0 Å². The molecule has 1 aromatic carbocycles. The topological polar surface area (TPSA) is 47.0 Å². The number of hydrogen-bond donors (Lipinski definition) is 0. The highest BCUT2D eigenvalue weighted by molar-refractivity contribution is 8.13. The second kappa shape index (κ2) is 4.64. The standard InChI is InChI=1S/C11H7Cl2NO2S/c12-11-9(8-4-2-1-3-5-8)6-14-7-10(11)17(13,15)16/h1-7H. The molecule has 0 saturated heterocycles. The normalized spacial score (nSPS) is 11.4. The van der Waals surface area contributed by atoms with E-state index < -0.39 is 9.05 Å². The zero-order valence-corrected chi connectivity index (χ0v) is 10.8. The molecule has 0 aliphatic rings. The van der Waals surface area contributed by atoms with E-state index in [2.05, 4.69) is 4.98 Å². The van der Waals surface area contributed by atoms with Crippen LogP contribution in [0.15, 0.2) is 47.6 Å². The van der Waals surface area contributed by atoms with E-state index >= 15 is 0 Å². The maximum Gasteiger partial charge on any atom is 0.264 e. The monoisotopic (exact) mass is 287 g/mol. The number of pyridine rings is 1. The van der Waals surface area contributed by atoms with Gasteiger partial charge in [-0.1, -0.05) is 41.9 Å². The van der Waals surface area contributed by atoms with Gasteiger partial charge in [0, 0.05) is 28.6 Å². The van der Waals surface area contributed by atoms with Gasteiger partial charge < -0.3 is 0 Å². The predicted molar refractivity (Wildman–Crippen MR) is 67.7 cm³/mol. The van der Waals surface area contributed by atoms with Crippen LogP contribution in [0.5, 0.6) is 0 Å². The Morgan fingerprint density at radius 1 is 1.06 bits per heavy atom. The summed E-state index contributed by atoms with van der Waals surface area (Å²) in [6.07, 6.45) is 2.64. The fourth-order valence-corrected chi connectivity index (χ4v) is 2.91. The molecule has 1 heterocycles. The first kappa shape index (κ1) is 12.4. The van der Waals surface area contributed by atoms with Crippen molar-refractivity contribution in [2.75, 3.05) is 0 Å². The van der Waals surface area contributed by atoms with Gasteiger partial charge in [0.15, 0.2) is 0 Å². The highest BCUT2D eigenvalue weighted by Gasteiger charge is 2.18. The summed E-state index contributed by atoms with van der Waals surface area (Å²) in [5.41, 5.74) is 1.32. The molecule has 0 amide bonds. The highest BCUT2D eigenvalue weighted by Crippen LogP contribution is 2.33. The van der Waals surface area contributed by atoms with Gasteiger partial charge in [0.2, 0.25) is 0 Å². The molecular weight excluding hydrogens is 281 g/mol. The maximum absolute atomic E-state index is 11.3. The average molecular weight is 288 g/mol. The molecule has 3 nitrogen and oxygen atoms in total. The van der Waals surface area contributed by atoms with E-state index in [1.165, 1.54) is 6.20 Å². The summed E-state index contributed by atoms with van der Waals surface area (Å²) in [6, 6.07) is 9.13. The molecule has 0 fully saturated rings. The molecule has 0 saturated carbocycles. The van der Waals surface area contributed by atoms with Crippen LogP contribution in [0.25, 0.3) is 11.1 Å². The number of rotatable bonds is 2. The molecule has 0 atom stereocenters. The number of nitrogens with zero attached hydrogens (tertiary/aromatic N) is 1. The lowest BCUT2D eigenvalue weighted by Crippen LogP contribution is -1.95. The Kier molecular flexibility index (Phi) is 3.38. The predicted octanol–water partition coefficient (Wildman–Crippen LogP) is 3.33. The van der Waals surface area contributed by atoms with Gasteiger partial charge in [-0.2, -0.15) is 0 Å². The summed E-state index contributed by atoms with van der Waals surface area (Å²) < 4.78 is 22.6. The summed E-state index contributed by atoms with van der Waals surface area (Å²) in [7, 11) is 1.38. The zero-order valence-electron chi connectivity index (χ0n) is 8.47. The highest BCUT2D eigenvalue weighted by atomic mass is 35.7. The van der Waals surface area contributed by atoms with Crippen molar-refractivity contribution in [1.82, 2.24) is 4.98 Å². The lowest BCUT2D eigenvalue weighted by atomic mass is 10.1. The van der Waals surface area contributed by atoms with Crippen molar-refractivity contribution >= 4 is 31.3 Å². The smallest absolute Gasteiger partial charge is 0.263 e.